The molecule has 0 aliphatic rings. The van der Waals surface area contributed by atoms with Crippen LogP contribution in [0.2, 0.25) is 0 Å². The Morgan fingerprint density at radius 1 is 1.39 bits per heavy atom. The van der Waals surface area contributed by atoms with Crippen LogP contribution >= 0.6 is 15.9 Å². The molecule has 1 heterocycles. The predicted octanol–water partition coefficient (Wildman–Crippen LogP) is 2.01. The summed E-state index contributed by atoms with van der Waals surface area (Å²) in [6.45, 7) is 3.75. The van der Waals surface area contributed by atoms with Crippen LogP contribution in [0.25, 0.3) is 0 Å². The van der Waals surface area contributed by atoms with Crippen LogP contribution in [0.5, 0.6) is 0 Å². The Morgan fingerprint density at radius 2 is 2.22 bits per heavy atom. The fourth-order valence-corrected chi connectivity index (χ4v) is 2.41. The molecule has 1 aromatic carbocycles. The molecule has 6 nitrogen and oxygen atoms in total. The number of rotatable bonds is 6. The standard InChI is InChI=1S/C15H20BrFN6/c1-3-18-15(20-9-14-21-10-22-23(14)2)19-7-6-11-8-12(16)4-5-13(11)17/h4-5,8,10H,3,6-7,9H2,1-2H3,(H2,18,19,20). The van der Waals surface area contributed by atoms with E-state index in [9.17, 15) is 4.39 Å². The quantitative estimate of drug-likeness (QED) is 0.592. The lowest BCUT2D eigenvalue weighted by atomic mass is 10.1. The maximum Gasteiger partial charge on any atom is 0.191 e. The van der Waals surface area contributed by atoms with Gasteiger partial charge in [-0.15, -0.1) is 0 Å². The van der Waals surface area contributed by atoms with E-state index in [0.717, 1.165) is 16.8 Å². The first-order chi connectivity index (χ1) is 11.1. The maximum absolute atomic E-state index is 13.7. The Hall–Kier alpha value is -1.96. The summed E-state index contributed by atoms with van der Waals surface area (Å²) in [6, 6.07) is 4.95. The van der Waals surface area contributed by atoms with Crippen LogP contribution in [-0.4, -0.2) is 33.8 Å². The van der Waals surface area contributed by atoms with E-state index in [-0.39, 0.29) is 5.82 Å². The summed E-state index contributed by atoms with van der Waals surface area (Å²) in [5, 5.41) is 10.4. The van der Waals surface area contributed by atoms with Gasteiger partial charge in [0.1, 0.15) is 24.5 Å². The van der Waals surface area contributed by atoms with Crippen LogP contribution in [0.3, 0.4) is 0 Å². The van der Waals surface area contributed by atoms with Crippen molar-refractivity contribution in [3.63, 3.8) is 0 Å². The zero-order valence-corrected chi connectivity index (χ0v) is 14.8. The largest absolute Gasteiger partial charge is 0.357 e. The molecule has 124 valence electrons. The average Bonchev–Trinajstić information content (AvgIpc) is 2.93. The van der Waals surface area contributed by atoms with Crippen molar-refractivity contribution < 1.29 is 4.39 Å². The van der Waals surface area contributed by atoms with Crippen molar-refractivity contribution in [2.24, 2.45) is 12.0 Å². The summed E-state index contributed by atoms with van der Waals surface area (Å²) in [4.78, 5) is 8.59. The fraction of sp³-hybridized carbons (Fsp3) is 0.400. The van der Waals surface area contributed by atoms with Crippen molar-refractivity contribution in [3.05, 3.63) is 46.2 Å². The third-order valence-corrected chi connectivity index (χ3v) is 3.72. The topological polar surface area (TPSA) is 67.1 Å². The van der Waals surface area contributed by atoms with Gasteiger partial charge in [0.2, 0.25) is 0 Å². The van der Waals surface area contributed by atoms with Gasteiger partial charge in [-0.05, 0) is 37.1 Å². The monoisotopic (exact) mass is 382 g/mol. The van der Waals surface area contributed by atoms with Gasteiger partial charge in [0.25, 0.3) is 0 Å². The van der Waals surface area contributed by atoms with Crippen LogP contribution in [0.1, 0.15) is 18.3 Å². The van der Waals surface area contributed by atoms with Crippen LogP contribution < -0.4 is 10.6 Å². The third-order valence-electron chi connectivity index (χ3n) is 3.22. The molecule has 0 aliphatic heterocycles. The summed E-state index contributed by atoms with van der Waals surface area (Å²) in [5.41, 5.74) is 0.663. The molecule has 0 fully saturated rings. The summed E-state index contributed by atoms with van der Waals surface area (Å²) in [6.07, 6.45) is 2.07. The van der Waals surface area contributed by atoms with Crippen molar-refractivity contribution in [1.82, 2.24) is 25.4 Å². The molecule has 0 amide bonds. The van der Waals surface area contributed by atoms with E-state index in [1.165, 1.54) is 12.4 Å². The lowest BCUT2D eigenvalue weighted by Crippen LogP contribution is -2.38. The van der Waals surface area contributed by atoms with E-state index in [4.69, 9.17) is 0 Å². The minimum absolute atomic E-state index is 0.198. The number of guanidine groups is 1. The highest BCUT2D eigenvalue weighted by Gasteiger charge is 2.04. The second kappa shape index (κ2) is 8.61. The molecular formula is C15H20BrFN6. The Labute approximate surface area is 143 Å². The smallest absolute Gasteiger partial charge is 0.191 e. The summed E-state index contributed by atoms with van der Waals surface area (Å²) >= 11 is 3.36. The molecule has 0 saturated heterocycles. The predicted molar refractivity (Wildman–Crippen MR) is 91.6 cm³/mol. The molecular weight excluding hydrogens is 363 g/mol. The molecule has 0 saturated carbocycles. The second-order valence-electron chi connectivity index (χ2n) is 4.91. The van der Waals surface area contributed by atoms with Crippen LogP contribution in [0, 0.1) is 5.82 Å². The fourth-order valence-electron chi connectivity index (χ4n) is 2.01. The molecule has 0 unspecified atom stereocenters. The Kier molecular flexibility index (Phi) is 6.52. The number of nitrogens with one attached hydrogen (secondary N) is 2. The zero-order chi connectivity index (χ0) is 16.7. The van der Waals surface area contributed by atoms with Crippen molar-refractivity contribution in [2.75, 3.05) is 13.1 Å². The van der Waals surface area contributed by atoms with E-state index >= 15 is 0 Å². The molecule has 0 bridgehead atoms. The first-order valence-corrected chi connectivity index (χ1v) is 8.18. The zero-order valence-electron chi connectivity index (χ0n) is 13.2. The van der Waals surface area contributed by atoms with Gasteiger partial charge in [-0.3, -0.25) is 4.68 Å². The van der Waals surface area contributed by atoms with E-state index in [2.05, 4.69) is 41.6 Å². The highest BCUT2D eigenvalue weighted by molar-refractivity contribution is 9.10. The van der Waals surface area contributed by atoms with Gasteiger partial charge in [-0.2, -0.15) is 5.10 Å². The van der Waals surface area contributed by atoms with Gasteiger partial charge in [-0.25, -0.2) is 14.4 Å². The number of aliphatic imine (C=N–C) groups is 1. The lowest BCUT2D eigenvalue weighted by Gasteiger charge is -2.11. The van der Waals surface area contributed by atoms with E-state index in [1.807, 2.05) is 14.0 Å². The van der Waals surface area contributed by atoms with Crippen molar-refractivity contribution in [2.45, 2.75) is 19.9 Å². The van der Waals surface area contributed by atoms with Gasteiger partial charge in [0, 0.05) is 24.6 Å². The Bertz CT molecular complexity index is 670. The number of benzene rings is 1. The summed E-state index contributed by atoms with van der Waals surface area (Å²) in [7, 11) is 1.83. The SMILES string of the molecule is CCNC(=NCc1ncnn1C)NCCc1cc(Br)ccc1F. The van der Waals surface area contributed by atoms with Gasteiger partial charge in [0.15, 0.2) is 5.96 Å². The highest BCUT2D eigenvalue weighted by Crippen LogP contribution is 2.15. The second-order valence-corrected chi connectivity index (χ2v) is 5.82. The molecule has 8 heteroatoms. The van der Waals surface area contributed by atoms with Crippen molar-refractivity contribution >= 4 is 21.9 Å². The lowest BCUT2D eigenvalue weighted by molar-refractivity contribution is 0.606. The van der Waals surface area contributed by atoms with E-state index in [1.54, 1.807) is 16.8 Å². The van der Waals surface area contributed by atoms with Gasteiger partial charge >= 0.3 is 0 Å². The molecule has 0 aliphatic carbocycles. The number of aryl methyl sites for hydroxylation is 1. The van der Waals surface area contributed by atoms with Crippen molar-refractivity contribution in [3.8, 4) is 0 Å². The highest BCUT2D eigenvalue weighted by atomic mass is 79.9. The minimum atomic E-state index is -0.198. The minimum Gasteiger partial charge on any atom is -0.357 e. The van der Waals surface area contributed by atoms with Crippen LogP contribution in [-0.2, 0) is 20.0 Å². The number of nitrogens with zero attached hydrogens (tertiary/aromatic N) is 4. The number of hydrogen-bond acceptors (Lipinski definition) is 3. The van der Waals surface area contributed by atoms with Crippen LogP contribution in [0.15, 0.2) is 34.0 Å². The van der Waals surface area contributed by atoms with Gasteiger partial charge in [0.05, 0.1) is 0 Å². The van der Waals surface area contributed by atoms with E-state index in [0.29, 0.717) is 31.0 Å². The first kappa shape index (κ1) is 17.4. The molecule has 2 N–H and O–H groups in total. The number of aromatic nitrogens is 3. The summed E-state index contributed by atoms with van der Waals surface area (Å²) in [5.74, 6) is 1.25. The van der Waals surface area contributed by atoms with Gasteiger partial charge in [-0.1, -0.05) is 15.9 Å². The molecule has 23 heavy (non-hydrogen) atoms. The van der Waals surface area contributed by atoms with Crippen LogP contribution in [0.4, 0.5) is 4.39 Å². The average molecular weight is 383 g/mol. The Balaban J connectivity index is 1.91. The summed E-state index contributed by atoms with van der Waals surface area (Å²) < 4.78 is 16.3. The number of hydrogen-bond donors (Lipinski definition) is 2. The van der Waals surface area contributed by atoms with Crippen molar-refractivity contribution in [1.29, 1.82) is 0 Å². The molecule has 0 atom stereocenters. The first-order valence-electron chi connectivity index (χ1n) is 7.39. The molecule has 0 spiro atoms. The third kappa shape index (κ3) is 5.31. The molecule has 0 radical (unpaired) electrons. The maximum atomic E-state index is 13.7. The van der Waals surface area contributed by atoms with Gasteiger partial charge < -0.3 is 10.6 Å². The molecule has 2 rings (SSSR count). The molecule has 2 aromatic rings. The van der Waals surface area contributed by atoms with E-state index < -0.39 is 0 Å². The Morgan fingerprint density at radius 3 is 2.91 bits per heavy atom. The normalized spacial score (nSPS) is 11.6. The molecule has 1 aromatic heterocycles. The number of halogens is 2.